The van der Waals surface area contributed by atoms with Crippen LogP contribution in [0.15, 0.2) is 24.3 Å². The van der Waals surface area contributed by atoms with Gasteiger partial charge in [-0.25, -0.2) is 4.79 Å². The van der Waals surface area contributed by atoms with E-state index in [0.717, 1.165) is 12.2 Å². The van der Waals surface area contributed by atoms with Gasteiger partial charge in [-0.1, -0.05) is 51.2 Å². The van der Waals surface area contributed by atoms with Crippen LogP contribution in [0.3, 0.4) is 0 Å². The number of benzene rings is 1. The summed E-state index contributed by atoms with van der Waals surface area (Å²) in [4.78, 5) is 10.9. The molecule has 0 radical (unpaired) electrons. The van der Waals surface area contributed by atoms with Gasteiger partial charge < -0.3 is 14.2 Å². The van der Waals surface area contributed by atoms with Crippen molar-refractivity contribution in [1.29, 1.82) is 0 Å². The molecule has 1 rings (SSSR count). The summed E-state index contributed by atoms with van der Waals surface area (Å²) >= 11 is 0. The zero-order valence-electron chi connectivity index (χ0n) is 14.5. The van der Waals surface area contributed by atoms with E-state index in [1.165, 1.54) is 51.2 Å². The minimum Gasteiger partial charge on any atom is -0.491 e. The molecule has 0 heterocycles. The molecule has 0 saturated carbocycles. The molecule has 0 spiro atoms. The first-order valence-electron chi connectivity index (χ1n) is 8.62. The van der Waals surface area contributed by atoms with Crippen molar-refractivity contribution in [2.24, 2.45) is 0 Å². The van der Waals surface area contributed by atoms with Crippen molar-refractivity contribution >= 4 is 5.97 Å². The Morgan fingerprint density at radius 1 is 0.957 bits per heavy atom. The van der Waals surface area contributed by atoms with Gasteiger partial charge in [0.25, 0.3) is 0 Å². The van der Waals surface area contributed by atoms with Crippen molar-refractivity contribution in [2.75, 3.05) is 26.9 Å². The highest BCUT2D eigenvalue weighted by Crippen LogP contribution is 2.15. The van der Waals surface area contributed by atoms with Gasteiger partial charge in [0, 0.05) is 0 Å². The zero-order valence-corrected chi connectivity index (χ0v) is 14.5. The second kappa shape index (κ2) is 12.9. The summed E-state index contributed by atoms with van der Waals surface area (Å²) in [6, 6.07) is 8.23. The van der Waals surface area contributed by atoms with E-state index in [9.17, 15) is 4.79 Å². The predicted molar refractivity (Wildman–Crippen MR) is 91.9 cm³/mol. The lowest BCUT2D eigenvalue weighted by molar-refractivity contribution is -0.146. The highest BCUT2D eigenvalue weighted by molar-refractivity contribution is 5.70. The van der Waals surface area contributed by atoms with Crippen molar-refractivity contribution in [3.63, 3.8) is 0 Å². The molecule has 0 atom stereocenters. The van der Waals surface area contributed by atoms with Crippen LogP contribution in [0.4, 0.5) is 0 Å². The third-order valence-electron chi connectivity index (χ3n) is 3.69. The normalized spacial score (nSPS) is 10.5. The van der Waals surface area contributed by atoms with Gasteiger partial charge in [-0.2, -0.15) is 0 Å². The zero-order chi connectivity index (χ0) is 16.8. The van der Waals surface area contributed by atoms with E-state index in [0.29, 0.717) is 13.2 Å². The molecule has 0 aromatic heterocycles. The fourth-order valence-electron chi connectivity index (χ4n) is 2.29. The lowest BCUT2D eigenvalue weighted by atomic mass is 10.0. The van der Waals surface area contributed by atoms with E-state index in [-0.39, 0.29) is 12.6 Å². The summed E-state index contributed by atoms with van der Waals surface area (Å²) in [6.45, 7) is 3.01. The summed E-state index contributed by atoms with van der Waals surface area (Å²) in [5.41, 5.74) is 1.36. The van der Waals surface area contributed by atoms with Gasteiger partial charge >= 0.3 is 5.97 Å². The van der Waals surface area contributed by atoms with Gasteiger partial charge in [-0.15, -0.1) is 0 Å². The van der Waals surface area contributed by atoms with E-state index in [1.54, 1.807) is 0 Å². The first kappa shape index (κ1) is 19.5. The third kappa shape index (κ3) is 9.95. The maximum absolute atomic E-state index is 10.9. The summed E-state index contributed by atoms with van der Waals surface area (Å²) < 4.78 is 15.2. The maximum atomic E-state index is 10.9. The summed E-state index contributed by atoms with van der Waals surface area (Å²) in [7, 11) is 1.34. The molecule has 0 fully saturated rings. The molecule has 0 aliphatic rings. The van der Waals surface area contributed by atoms with Crippen LogP contribution in [0.5, 0.6) is 5.75 Å². The molecule has 1 aromatic rings. The first-order chi connectivity index (χ1) is 11.3. The monoisotopic (exact) mass is 322 g/mol. The molecule has 0 saturated heterocycles. The molecule has 0 amide bonds. The molecule has 4 heteroatoms. The quantitative estimate of drug-likeness (QED) is 0.404. The van der Waals surface area contributed by atoms with Crippen LogP contribution in [0, 0.1) is 0 Å². The molecular formula is C19H30O4. The Bertz CT molecular complexity index is 414. The lowest BCUT2D eigenvalue weighted by Gasteiger charge is -2.08. The Balaban J connectivity index is 2.09. The molecule has 130 valence electrons. The standard InChI is InChI=1S/C19H30O4/c1-3-4-5-6-7-8-9-17-10-12-18(13-11-17)23-15-14-22-16-19(20)21-2/h10-13H,3-9,14-16H2,1-2H3. The number of rotatable bonds is 13. The first-order valence-corrected chi connectivity index (χ1v) is 8.62. The van der Waals surface area contributed by atoms with Gasteiger partial charge in [0.15, 0.2) is 0 Å². The van der Waals surface area contributed by atoms with Crippen molar-refractivity contribution in [1.82, 2.24) is 0 Å². The van der Waals surface area contributed by atoms with Gasteiger partial charge in [-0.3, -0.25) is 0 Å². The largest absolute Gasteiger partial charge is 0.491 e. The fourth-order valence-corrected chi connectivity index (χ4v) is 2.29. The Kier molecular flexibility index (Phi) is 11.0. The summed E-state index contributed by atoms with van der Waals surface area (Å²) in [5.74, 6) is 0.461. The minimum absolute atomic E-state index is 0.0307. The van der Waals surface area contributed by atoms with E-state index < -0.39 is 0 Å². The van der Waals surface area contributed by atoms with E-state index in [2.05, 4.69) is 23.8 Å². The average Bonchev–Trinajstić information content (AvgIpc) is 2.58. The van der Waals surface area contributed by atoms with Crippen LogP contribution < -0.4 is 4.74 Å². The number of esters is 1. The predicted octanol–water partition coefficient (Wildman–Crippen LogP) is 4.16. The molecule has 0 unspecified atom stereocenters. The number of carbonyl (C=O) groups is 1. The molecule has 0 aliphatic carbocycles. The Morgan fingerprint density at radius 2 is 1.65 bits per heavy atom. The lowest BCUT2D eigenvalue weighted by Crippen LogP contribution is -2.14. The van der Waals surface area contributed by atoms with E-state index in [1.807, 2.05) is 12.1 Å². The molecule has 23 heavy (non-hydrogen) atoms. The number of unbranched alkanes of at least 4 members (excludes halogenated alkanes) is 5. The number of ether oxygens (including phenoxy) is 3. The molecule has 0 aliphatic heterocycles. The van der Waals surface area contributed by atoms with Gasteiger partial charge in [0.05, 0.1) is 13.7 Å². The smallest absolute Gasteiger partial charge is 0.331 e. The fraction of sp³-hybridized carbons (Fsp3) is 0.632. The van der Waals surface area contributed by atoms with Crippen LogP contribution in [0.2, 0.25) is 0 Å². The minimum atomic E-state index is -0.371. The Hall–Kier alpha value is -1.55. The SMILES string of the molecule is CCCCCCCCc1ccc(OCCOCC(=O)OC)cc1. The number of hydrogen-bond donors (Lipinski definition) is 0. The van der Waals surface area contributed by atoms with Crippen molar-refractivity contribution in [3.05, 3.63) is 29.8 Å². The van der Waals surface area contributed by atoms with Crippen molar-refractivity contribution in [2.45, 2.75) is 51.9 Å². The van der Waals surface area contributed by atoms with E-state index >= 15 is 0 Å². The van der Waals surface area contributed by atoms with Crippen LogP contribution >= 0.6 is 0 Å². The second-order valence-electron chi connectivity index (χ2n) is 5.64. The number of hydrogen-bond acceptors (Lipinski definition) is 4. The van der Waals surface area contributed by atoms with Crippen LogP contribution in [-0.2, 0) is 20.7 Å². The van der Waals surface area contributed by atoms with Gasteiger partial charge in [0.1, 0.15) is 19.0 Å². The molecule has 0 bridgehead atoms. The average molecular weight is 322 g/mol. The number of carbonyl (C=O) groups excluding carboxylic acids is 1. The Labute approximate surface area is 140 Å². The highest BCUT2D eigenvalue weighted by Gasteiger charge is 2.00. The second-order valence-corrected chi connectivity index (χ2v) is 5.64. The van der Waals surface area contributed by atoms with E-state index in [4.69, 9.17) is 9.47 Å². The molecular weight excluding hydrogens is 292 g/mol. The number of methoxy groups -OCH3 is 1. The van der Waals surface area contributed by atoms with Crippen LogP contribution in [0.1, 0.15) is 51.0 Å². The van der Waals surface area contributed by atoms with Gasteiger partial charge in [-0.05, 0) is 30.5 Å². The summed E-state index contributed by atoms with van der Waals surface area (Å²) in [5, 5.41) is 0. The summed E-state index contributed by atoms with van der Waals surface area (Å²) in [6.07, 6.45) is 9.07. The molecule has 0 N–H and O–H groups in total. The molecule has 4 nitrogen and oxygen atoms in total. The highest BCUT2D eigenvalue weighted by atomic mass is 16.6. The maximum Gasteiger partial charge on any atom is 0.331 e. The third-order valence-corrected chi connectivity index (χ3v) is 3.69. The van der Waals surface area contributed by atoms with Crippen LogP contribution in [0.25, 0.3) is 0 Å². The van der Waals surface area contributed by atoms with Crippen molar-refractivity contribution < 1.29 is 19.0 Å². The Morgan fingerprint density at radius 3 is 2.35 bits per heavy atom. The van der Waals surface area contributed by atoms with Crippen LogP contribution in [-0.4, -0.2) is 32.9 Å². The van der Waals surface area contributed by atoms with Crippen molar-refractivity contribution in [3.8, 4) is 5.75 Å². The van der Waals surface area contributed by atoms with Gasteiger partial charge in [0.2, 0.25) is 0 Å². The number of aryl methyl sites for hydroxylation is 1. The molecule has 1 aromatic carbocycles. The topological polar surface area (TPSA) is 44.8 Å².